The predicted octanol–water partition coefficient (Wildman–Crippen LogP) is 3.08. The third kappa shape index (κ3) is 2.53. The van der Waals surface area contributed by atoms with E-state index in [1.54, 1.807) is 0 Å². The van der Waals surface area contributed by atoms with E-state index in [-0.39, 0.29) is 0 Å². The van der Waals surface area contributed by atoms with Gasteiger partial charge in [-0.1, -0.05) is 11.6 Å². The molecule has 19 heavy (non-hydrogen) atoms. The molecule has 0 bridgehead atoms. The van der Waals surface area contributed by atoms with Crippen LogP contribution in [-0.4, -0.2) is 30.7 Å². The second kappa shape index (κ2) is 5.35. The summed E-state index contributed by atoms with van der Waals surface area (Å²) in [6.45, 7) is 5.37. The highest BCUT2D eigenvalue weighted by Gasteiger charge is 2.17. The van der Waals surface area contributed by atoms with Crippen molar-refractivity contribution in [3.8, 4) is 0 Å². The van der Waals surface area contributed by atoms with E-state index in [1.165, 1.54) is 5.69 Å². The van der Waals surface area contributed by atoms with Crippen molar-refractivity contribution in [2.75, 3.05) is 24.5 Å². The lowest BCUT2D eigenvalue weighted by Crippen LogP contribution is -2.35. The van der Waals surface area contributed by atoms with Crippen molar-refractivity contribution in [3.63, 3.8) is 0 Å². The molecule has 0 aliphatic carbocycles. The summed E-state index contributed by atoms with van der Waals surface area (Å²) in [6, 6.07) is 8.54. The maximum absolute atomic E-state index is 6.26. The lowest BCUT2D eigenvalue weighted by Gasteiger charge is -2.26. The van der Waals surface area contributed by atoms with E-state index in [2.05, 4.69) is 28.2 Å². The molecule has 3 nitrogen and oxygen atoms in total. The fraction of sp³-hybridized carbons (Fsp3) is 0.400. The summed E-state index contributed by atoms with van der Waals surface area (Å²) in [5, 5.41) is 5.32. The molecule has 0 saturated carbocycles. The molecule has 1 N–H and O–H groups in total. The van der Waals surface area contributed by atoms with E-state index in [0.717, 1.165) is 42.0 Å². The molecule has 1 aromatic heterocycles. The van der Waals surface area contributed by atoms with E-state index in [1.807, 2.05) is 24.4 Å². The zero-order valence-electron chi connectivity index (χ0n) is 11.1. The second-order valence-corrected chi connectivity index (χ2v) is 5.53. The van der Waals surface area contributed by atoms with Gasteiger partial charge < -0.3 is 10.2 Å². The van der Waals surface area contributed by atoms with Crippen molar-refractivity contribution in [2.24, 2.45) is 0 Å². The Labute approximate surface area is 118 Å². The van der Waals surface area contributed by atoms with Crippen molar-refractivity contribution in [1.29, 1.82) is 0 Å². The molecule has 3 rings (SSSR count). The fourth-order valence-corrected chi connectivity index (χ4v) is 2.92. The average molecular weight is 276 g/mol. The molecular formula is C15H18ClN3. The van der Waals surface area contributed by atoms with E-state index in [9.17, 15) is 0 Å². The standard InChI is InChI=1S/C15H18ClN3/c1-11-10-19(9-3-8-17-11)14-6-5-13(16)12-4-2-7-18-15(12)14/h2,4-7,11,17H,3,8-10H2,1H3. The Morgan fingerprint density at radius 1 is 1.37 bits per heavy atom. The molecule has 1 aliphatic rings. The topological polar surface area (TPSA) is 28.2 Å². The van der Waals surface area contributed by atoms with E-state index in [4.69, 9.17) is 11.6 Å². The molecule has 0 amide bonds. The number of nitrogens with one attached hydrogen (secondary N) is 1. The highest BCUT2D eigenvalue weighted by molar-refractivity contribution is 6.35. The minimum Gasteiger partial charge on any atom is -0.368 e. The van der Waals surface area contributed by atoms with Gasteiger partial charge in [0.05, 0.1) is 16.2 Å². The number of rotatable bonds is 1. The van der Waals surface area contributed by atoms with Crippen LogP contribution in [-0.2, 0) is 0 Å². The van der Waals surface area contributed by atoms with Crippen molar-refractivity contribution in [1.82, 2.24) is 10.3 Å². The van der Waals surface area contributed by atoms with Gasteiger partial charge in [-0.2, -0.15) is 0 Å². The van der Waals surface area contributed by atoms with E-state index in [0.29, 0.717) is 6.04 Å². The Hall–Kier alpha value is -1.32. The van der Waals surface area contributed by atoms with Crippen molar-refractivity contribution >= 4 is 28.2 Å². The number of nitrogens with zero attached hydrogens (tertiary/aromatic N) is 2. The average Bonchev–Trinajstić information content (AvgIpc) is 2.64. The van der Waals surface area contributed by atoms with Crippen LogP contribution in [0, 0.1) is 0 Å². The summed E-state index contributed by atoms with van der Waals surface area (Å²) in [7, 11) is 0. The summed E-state index contributed by atoms with van der Waals surface area (Å²) < 4.78 is 0. The summed E-state index contributed by atoms with van der Waals surface area (Å²) in [4.78, 5) is 6.94. The smallest absolute Gasteiger partial charge is 0.0950 e. The third-order valence-corrected chi connectivity index (χ3v) is 3.96. The Kier molecular flexibility index (Phi) is 3.58. The van der Waals surface area contributed by atoms with Gasteiger partial charge in [-0.05, 0) is 44.2 Å². The zero-order valence-corrected chi connectivity index (χ0v) is 11.8. The third-order valence-electron chi connectivity index (χ3n) is 3.63. The summed E-state index contributed by atoms with van der Waals surface area (Å²) in [6.07, 6.45) is 2.99. The predicted molar refractivity (Wildman–Crippen MR) is 81.0 cm³/mol. The molecule has 1 saturated heterocycles. The highest BCUT2D eigenvalue weighted by Crippen LogP contribution is 2.30. The van der Waals surface area contributed by atoms with Crippen LogP contribution in [0.25, 0.3) is 10.9 Å². The van der Waals surface area contributed by atoms with Crippen LogP contribution < -0.4 is 10.2 Å². The summed E-state index contributed by atoms with van der Waals surface area (Å²) >= 11 is 6.26. The first-order chi connectivity index (χ1) is 9.25. The Morgan fingerprint density at radius 3 is 3.16 bits per heavy atom. The first-order valence-corrected chi connectivity index (χ1v) is 7.15. The minimum absolute atomic E-state index is 0.497. The van der Waals surface area contributed by atoms with Gasteiger partial charge in [0.2, 0.25) is 0 Å². The van der Waals surface area contributed by atoms with Gasteiger partial charge >= 0.3 is 0 Å². The van der Waals surface area contributed by atoms with Crippen molar-refractivity contribution in [3.05, 3.63) is 35.5 Å². The highest BCUT2D eigenvalue weighted by atomic mass is 35.5. The Morgan fingerprint density at radius 2 is 2.26 bits per heavy atom. The minimum atomic E-state index is 0.497. The molecule has 2 aromatic rings. The molecule has 2 heterocycles. The molecule has 1 unspecified atom stereocenters. The molecular weight excluding hydrogens is 258 g/mol. The number of hydrogen-bond donors (Lipinski definition) is 1. The van der Waals surface area contributed by atoms with Gasteiger partial charge in [-0.25, -0.2) is 0 Å². The van der Waals surface area contributed by atoms with Crippen molar-refractivity contribution in [2.45, 2.75) is 19.4 Å². The maximum atomic E-state index is 6.26. The van der Waals surface area contributed by atoms with Crippen LogP contribution >= 0.6 is 11.6 Å². The SMILES string of the molecule is CC1CN(c2ccc(Cl)c3cccnc23)CCCN1. The number of hydrogen-bond acceptors (Lipinski definition) is 3. The summed E-state index contributed by atoms with van der Waals surface area (Å²) in [5.74, 6) is 0. The van der Waals surface area contributed by atoms with Gasteiger partial charge in [0.15, 0.2) is 0 Å². The maximum Gasteiger partial charge on any atom is 0.0950 e. The Bertz CT molecular complexity index is 585. The van der Waals surface area contributed by atoms with Crippen LogP contribution in [0.1, 0.15) is 13.3 Å². The number of fused-ring (bicyclic) bond motifs is 1. The van der Waals surface area contributed by atoms with Crippen LogP contribution in [0.3, 0.4) is 0 Å². The Balaban J connectivity index is 2.06. The lowest BCUT2D eigenvalue weighted by atomic mass is 10.1. The van der Waals surface area contributed by atoms with Gasteiger partial charge in [0, 0.05) is 30.7 Å². The molecule has 4 heteroatoms. The molecule has 1 atom stereocenters. The molecule has 0 spiro atoms. The molecule has 1 aliphatic heterocycles. The van der Waals surface area contributed by atoms with Gasteiger partial charge in [-0.15, -0.1) is 0 Å². The number of aromatic nitrogens is 1. The first-order valence-electron chi connectivity index (χ1n) is 6.77. The van der Waals surface area contributed by atoms with E-state index >= 15 is 0 Å². The molecule has 0 radical (unpaired) electrons. The monoisotopic (exact) mass is 275 g/mol. The normalized spacial score (nSPS) is 20.5. The largest absolute Gasteiger partial charge is 0.368 e. The van der Waals surface area contributed by atoms with Gasteiger partial charge in [0.25, 0.3) is 0 Å². The van der Waals surface area contributed by atoms with E-state index < -0.39 is 0 Å². The number of anilines is 1. The molecule has 100 valence electrons. The van der Waals surface area contributed by atoms with Crippen LogP contribution in [0.2, 0.25) is 5.02 Å². The van der Waals surface area contributed by atoms with Crippen molar-refractivity contribution < 1.29 is 0 Å². The second-order valence-electron chi connectivity index (χ2n) is 5.12. The molecule has 1 aromatic carbocycles. The number of benzene rings is 1. The van der Waals surface area contributed by atoms with Gasteiger partial charge in [-0.3, -0.25) is 4.98 Å². The summed E-state index contributed by atoms with van der Waals surface area (Å²) in [5.41, 5.74) is 2.19. The van der Waals surface area contributed by atoms with Gasteiger partial charge in [0.1, 0.15) is 0 Å². The molecule has 1 fully saturated rings. The first kappa shape index (κ1) is 12.7. The zero-order chi connectivity index (χ0) is 13.2. The quantitative estimate of drug-likeness (QED) is 0.867. The van der Waals surface area contributed by atoms with Crippen LogP contribution in [0.4, 0.5) is 5.69 Å². The van der Waals surface area contributed by atoms with Crippen LogP contribution in [0.5, 0.6) is 0 Å². The lowest BCUT2D eigenvalue weighted by molar-refractivity contribution is 0.585. The number of halogens is 1. The fourth-order valence-electron chi connectivity index (χ4n) is 2.70. The van der Waals surface area contributed by atoms with Crippen LogP contribution in [0.15, 0.2) is 30.5 Å². The number of pyridine rings is 1.